The van der Waals surface area contributed by atoms with Gasteiger partial charge in [-0.25, -0.2) is 4.79 Å². The number of carbonyl (C=O) groups is 1. The third-order valence-electron chi connectivity index (χ3n) is 2.33. The number of hydrogen-bond donors (Lipinski definition) is 2. The Morgan fingerprint density at radius 1 is 1.11 bits per heavy atom. The first-order valence-electron chi connectivity index (χ1n) is 5.51. The van der Waals surface area contributed by atoms with Gasteiger partial charge in [-0.2, -0.15) is 0 Å². The molecule has 0 saturated heterocycles. The molecule has 0 bridgehead atoms. The van der Waals surface area contributed by atoms with Crippen LogP contribution in [0.3, 0.4) is 0 Å². The van der Waals surface area contributed by atoms with Crippen LogP contribution in [0.4, 0.5) is 10.5 Å². The van der Waals surface area contributed by atoms with Crippen molar-refractivity contribution in [3.8, 4) is 5.75 Å². The number of ether oxygens (including phenoxy) is 1. The Balaban J connectivity index is 1.99. The maximum absolute atomic E-state index is 10.5. The predicted molar refractivity (Wildman–Crippen MR) is 68.9 cm³/mol. The Labute approximate surface area is 105 Å². The van der Waals surface area contributed by atoms with E-state index in [2.05, 4.69) is 5.32 Å². The summed E-state index contributed by atoms with van der Waals surface area (Å²) in [6.45, 7) is 0.456. The van der Waals surface area contributed by atoms with Crippen molar-refractivity contribution in [1.29, 1.82) is 0 Å². The summed E-state index contributed by atoms with van der Waals surface area (Å²) < 4.78 is 5.58. The van der Waals surface area contributed by atoms with E-state index in [-0.39, 0.29) is 0 Å². The van der Waals surface area contributed by atoms with E-state index < -0.39 is 6.09 Å². The average Bonchev–Trinajstić information content (AvgIpc) is 2.37. The van der Waals surface area contributed by atoms with E-state index in [0.717, 1.165) is 5.56 Å². The first kappa shape index (κ1) is 12.0. The Morgan fingerprint density at radius 3 is 2.61 bits per heavy atom. The molecule has 2 aromatic carbocycles. The van der Waals surface area contributed by atoms with E-state index in [4.69, 9.17) is 9.84 Å². The van der Waals surface area contributed by atoms with Crippen LogP contribution in [0.2, 0.25) is 0 Å². The van der Waals surface area contributed by atoms with E-state index in [0.29, 0.717) is 18.0 Å². The number of rotatable bonds is 4. The lowest BCUT2D eigenvalue weighted by Crippen LogP contribution is -2.07. The Kier molecular flexibility index (Phi) is 3.81. The van der Waals surface area contributed by atoms with Gasteiger partial charge < -0.3 is 9.84 Å². The molecule has 0 saturated carbocycles. The molecule has 2 aromatic rings. The van der Waals surface area contributed by atoms with Gasteiger partial charge in [0, 0.05) is 11.8 Å². The molecule has 4 heteroatoms. The molecule has 18 heavy (non-hydrogen) atoms. The van der Waals surface area contributed by atoms with Crippen LogP contribution in [0.5, 0.6) is 5.75 Å². The minimum Gasteiger partial charge on any atom is -0.489 e. The average molecular weight is 243 g/mol. The fourth-order valence-corrected chi connectivity index (χ4v) is 1.53. The minimum absolute atomic E-state index is 0.456. The van der Waals surface area contributed by atoms with E-state index >= 15 is 0 Å². The van der Waals surface area contributed by atoms with E-state index in [1.165, 1.54) is 0 Å². The highest BCUT2D eigenvalue weighted by Crippen LogP contribution is 2.18. The first-order chi connectivity index (χ1) is 8.74. The smallest absolute Gasteiger partial charge is 0.409 e. The van der Waals surface area contributed by atoms with Crippen LogP contribution in [0.25, 0.3) is 0 Å². The molecule has 4 nitrogen and oxygen atoms in total. The second-order valence-electron chi connectivity index (χ2n) is 3.73. The highest BCUT2D eigenvalue weighted by molar-refractivity contribution is 5.83. The highest BCUT2D eigenvalue weighted by Gasteiger charge is 2.00. The van der Waals surface area contributed by atoms with E-state index in [1.54, 1.807) is 24.3 Å². The number of benzene rings is 2. The van der Waals surface area contributed by atoms with Crippen LogP contribution >= 0.6 is 0 Å². The van der Waals surface area contributed by atoms with Gasteiger partial charge in [0.05, 0.1) is 0 Å². The lowest BCUT2D eigenvalue weighted by atomic mass is 10.2. The van der Waals surface area contributed by atoms with Crippen molar-refractivity contribution >= 4 is 11.8 Å². The summed E-state index contributed by atoms with van der Waals surface area (Å²) in [5.74, 6) is 0.630. The molecule has 0 fully saturated rings. The van der Waals surface area contributed by atoms with E-state index in [1.807, 2.05) is 30.3 Å². The van der Waals surface area contributed by atoms with Crippen LogP contribution in [0.15, 0.2) is 54.6 Å². The number of carboxylic acid groups (broad SMARTS) is 1. The van der Waals surface area contributed by atoms with Gasteiger partial charge in [-0.1, -0.05) is 36.4 Å². The third-order valence-corrected chi connectivity index (χ3v) is 2.33. The predicted octanol–water partition coefficient (Wildman–Crippen LogP) is 3.36. The quantitative estimate of drug-likeness (QED) is 0.865. The van der Waals surface area contributed by atoms with Crippen molar-refractivity contribution in [3.05, 3.63) is 60.2 Å². The summed E-state index contributed by atoms with van der Waals surface area (Å²) in [4.78, 5) is 10.5. The van der Waals surface area contributed by atoms with Gasteiger partial charge in [0.1, 0.15) is 12.4 Å². The van der Waals surface area contributed by atoms with Crippen molar-refractivity contribution in [1.82, 2.24) is 0 Å². The van der Waals surface area contributed by atoms with Crippen molar-refractivity contribution in [2.45, 2.75) is 6.61 Å². The lowest BCUT2D eigenvalue weighted by Gasteiger charge is -2.08. The monoisotopic (exact) mass is 243 g/mol. The molecule has 0 radical (unpaired) electrons. The normalized spacial score (nSPS) is 9.78. The van der Waals surface area contributed by atoms with Crippen molar-refractivity contribution < 1.29 is 14.6 Å². The molecule has 92 valence electrons. The van der Waals surface area contributed by atoms with E-state index in [9.17, 15) is 4.79 Å². The molecule has 1 amide bonds. The zero-order valence-corrected chi connectivity index (χ0v) is 9.67. The molecule has 0 aliphatic heterocycles. The van der Waals surface area contributed by atoms with Gasteiger partial charge in [0.2, 0.25) is 0 Å². The second-order valence-corrected chi connectivity index (χ2v) is 3.73. The van der Waals surface area contributed by atoms with Gasteiger partial charge in [-0.05, 0) is 17.7 Å². The topological polar surface area (TPSA) is 58.6 Å². The highest BCUT2D eigenvalue weighted by atomic mass is 16.5. The van der Waals surface area contributed by atoms with Gasteiger partial charge in [-0.3, -0.25) is 5.32 Å². The minimum atomic E-state index is -1.09. The first-order valence-corrected chi connectivity index (χ1v) is 5.51. The third kappa shape index (κ3) is 3.52. The summed E-state index contributed by atoms with van der Waals surface area (Å²) >= 11 is 0. The molecule has 0 atom stereocenters. The SMILES string of the molecule is O=C(O)Nc1cccc(OCc2ccccc2)c1. The molecule has 2 N–H and O–H groups in total. The van der Waals surface area contributed by atoms with Crippen LogP contribution in [0, 0.1) is 0 Å². The Morgan fingerprint density at radius 2 is 1.89 bits per heavy atom. The van der Waals surface area contributed by atoms with Gasteiger partial charge in [0.25, 0.3) is 0 Å². The zero-order valence-electron chi connectivity index (χ0n) is 9.67. The fraction of sp³-hybridized carbons (Fsp3) is 0.0714. The fourth-order valence-electron chi connectivity index (χ4n) is 1.53. The molecule has 0 unspecified atom stereocenters. The van der Waals surface area contributed by atoms with Gasteiger partial charge in [0.15, 0.2) is 0 Å². The zero-order chi connectivity index (χ0) is 12.8. The number of amides is 1. The Bertz CT molecular complexity index is 526. The number of nitrogens with one attached hydrogen (secondary N) is 1. The second kappa shape index (κ2) is 5.72. The van der Waals surface area contributed by atoms with Crippen molar-refractivity contribution in [3.63, 3.8) is 0 Å². The summed E-state index contributed by atoms with van der Waals surface area (Å²) in [6, 6.07) is 16.6. The van der Waals surface area contributed by atoms with Gasteiger partial charge >= 0.3 is 6.09 Å². The Hall–Kier alpha value is -2.49. The maximum atomic E-state index is 10.5. The lowest BCUT2D eigenvalue weighted by molar-refractivity contribution is 0.209. The van der Waals surface area contributed by atoms with Crippen molar-refractivity contribution in [2.24, 2.45) is 0 Å². The standard InChI is InChI=1S/C14H13NO3/c16-14(17)15-12-7-4-8-13(9-12)18-10-11-5-2-1-3-6-11/h1-9,15H,10H2,(H,16,17). The molecular weight excluding hydrogens is 230 g/mol. The summed E-state index contributed by atoms with van der Waals surface area (Å²) in [6.07, 6.45) is -1.09. The molecule has 0 aromatic heterocycles. The van der Waals surface area contributed by atoms with Crippen LogP contribution in [-0.4, -0.2) is 11.2 Å². The van der Waals surface area contributed by atoms with Crippen LogP contribution < -0.4 is 10.1 Å². The van der Waals surface area contributed by atoms with Gasteiger partial charge in [-0.15, -0.1) is 0 Å². The molecule has 0 heterocycles. The number of anilines is 1. The maximum Gasteiger partial charge on any atom is 0.409 e. The molecule has 0 aliphatic rings. The summed E-state index contributed by atoms with van der Waals surface area (Å²) in [5.41, 5.74) is 1.56. The largest absolute Gasteiger partial charge is 0.489 e. The molecule has 0 spiro atoms. The number of hydrogen-bond acceptors (Lipinski definition) is 2. The summed E-state index contributed by atoms with van der Waals surface area (Å²) in [5, 5.41) is 10.9. The molecular formula is C14H13NO3. The van der Waals surface area contributed by atoms with Crippen LogP contribution in [-0.2, 0) is 6.61 Å². The van der Waals surface area contributed by atoms with Crippen molar-refractivity contribution in [2.75, 3.05) is 5.32 Å². The molecule has 0 aliphatic carbocycles. The molecule has 2 rings (SSSR count). The van der Waals surface area contributed by atoms with Crippen LogP contribution in [0.1, 0.15) is 5.56 Å². The summed E-state index contributed by atoms with van der Waals surface area (Å²) in [7, 11) is 0.